The Hall–Kier alpha value is -7.70. The van der Waals surface area contributed by atoms with Crippen LogP contribution in [-0.4, -0.2) is 155 Å². The van der Waals surface area contributed by atoms with E-state index in [-0.39, 0.29) is 70.2 Å². The van der Waals surface area contributed by atoms with Crippen LogP contribution < -0.4 is 10.6 Å². The molecule has 3 aromatic carbocycles. The van der Waals surface area contributed by atoms with Crippen LogP contribution >= 0.6 is 0 Å². The molecule has 7 amide bonds. The number of amides is 7. The third kappa shape index (κ3) is 15.7. The van der Waals surface area contributed by atoms with Gasteiger partial charge in [0, 0.05) is 71.8 Å². The summed E-state index contributed by atoms with van der Waals surface area (Å²) in [5.41, 5.74) is 0.597. The summed E-state index contributed by atoms with van der Waals surface area (Å²) >= 11 is 0. The van der Waals surface area contributed by atoms with E-state index < -0.39 is 95.4 Å². The zero-order valence-electron chi connectivity index (χ0n) is 45.9. The van der Waals surface area contributed by atoms with Crippen LogP contribution in [0.15, 0.2) is 97.1 Å². The maximum atomic E-state index is 15.1. The van der Waals surface area contributed by atoms with Gasteiger partial charge in [-0.05, 0) is 93.5 Å². The van der Waals surface area contributed by atoms with Gasteiger partial charge in [-0.1, -0.05) is 92.7 Å². The summed E-state index contributed by atoms with van der Waals surface area (Å²) in [5, 5.41) is 5.58. The Bertz CT molecular complexity index is 2690. The van der Waals surface area contributed by atoms with Crippen LogP contribution in [-0.2, 0) is 70.4 Å². The Labute approximate surface area is 457 Å². The molecule has 3 aromatic rings. The second-order valence-corrected chi connectivity index (χ2v) is 21.5. The molecule has 5 atom stereocenters. The van der Waals surface area contributed by atoms with Crippen LogP contribution in [0.4, 0.5) is 5.69 Å². The number of piperidine rings is 1. The van der Waals surface area contributed by atoms with Crippen molar-refractivity contribution in [2.75, 3.05) is 52.7 Å². The fraction of sp³-hybridized carbons (Fsp3) is 0.492. The molecule has 3 aliphatic rings. The number of carbonyl (C=O) groups excluding carboxylic acids is 10. The van der Waals surface area contributed by atoms with E-state index in [0.29, 0.717) is 48.9 Å². The molecule has 3 aliphatic heterocycles. The van der Waals surface area contributed by atoms with Crippen LogP contribution in [0, 0.1) is 11.3 Å². The Morgan fingerprint density at radius 1 is 0.654 bits per heavy atom. The van der Waals surface area contributed by atoms with Gasteiger partial charge >= 0.3 is 11.9 Å². The van der Waals surface area contributed by atoms with Gasteiger partial charge in [-0.25, -0.2) is 9.59 Å². The van der Waals surface area contributed by atoms with Crippen molar-refractivity contribution in [2.24, 2.45) is 11.3 Å². The topological polar surface area (TPSA) is 229 Å². The zero-order valence-corrected chi connectivity index (χ0v) is 45.9. The molecular weight excluding hydrogens is 999 g/mol. The summed E-state index contributed by atoms with van der Waals surface area (Å²) in [6.07, 6.45) is 4.98. The molecular formula is C59H75N7O12. The predicted octanol–water partition coefficient (Wildman–Crippen LogP) is 5.18. The van der Waals surface area contributed by atoms with E-state index in [4.69, 9.17) is 9.47 Å². The highest BCUT2D eigenvalue weighted by atomic mass is 16.5. The molecule has 0 radical (unpaired) electrons. The van der Waals surface area contributed by atoms with E-state index in [1.54, 1.807) is 68.7 Å². The minimum absolute atomic E-state index is 0.0132. The second-order valence-electron chi connectivity index (χ2n) is 21.5. The number of ketones is 1. The van der Waals surface area contributed by atoms with Gasteiger partial charge in [0.2, 0.25) is 41.2 Å². The highest BCUT2D eigenvalue weighted by Crippen LogP contribution is 2.28. The molecule has 2 N–H and O–H groups in total. The molecule has 2 fully saturated rings. The van der Waals surface area contributed by atoms with E-state index in [1.165, 1.54) is 57.5 Å². The van der Waals surface area contributed by atoms with Crippen molar-refractivity contribution in [1.82, 2.24) is 29.8 Å². The molecule has 0 saturated carbocycles. The Morgan fingerprint density at radius 2 is 1.31 bits per heavy atom. The molecule has 0 aliphatic carbocycles. The number of fused-ring (bicyclic) bond motifs is 4. The van der Waals surface area contributed by atoms with Crippen LogP contribution in [0.5, 0.6) is 0 Å². The van der Waals surface area contributed by atoms with Crippen molar-refractivity contribution in [3.63, 3.8) is 0 Å². The number of anilines is 1. The first-order chi connectivity index (χ1) is 37.2. The lowest BCUT2D eigenvalue weighted by Gasteiger charge is -2.37. The van der Waals surface area contributed by atoms with Crippen molar-refractivity contribution in [3.8, 4) is 0 Å². The normalized spacial score (nSPS) is 23.8. The summed E-state index contributed by atoms with van der Waals surface area (Å²) in [6, 6.07) is 19.0. The molecule has 0 spiro atoms. The van der Waals surface area contributed by atoms with Crippen molar-refractivity contribution < 1.29 is 57.4 Å². The molecule has 2 bridgehead atoms. The smallest absolute Gasteiger partial charge is 0.330 e. The number of cyclic esters (lactones) is 2. The quantitative estimate of drug-likeness (QED) is 0.249. The number of nitrogens with zero attached hydrogens (tertiary/aromatic N) is 5. The first kappa shape index (κ1) is 59.5. The number of carbonyl (C=O) groups is 10. The first-order valence-electron chi connectivity index (χ1n) is 26.9. The molecule has 19 nitrogen and oxygen atoms in total. The van der Waals surface area contributed by atoms with E-state index in [1.807, 2.05) is 44.2 Å². The number of hydrogen-bond acceptors (Lipinski definition) is 12. The molecule has 3 heterocycles. The van der Waals surface area contributed by atoms with Gasteiger partial charge in [-0.2, -0.15) is 0 Å². The monoisotopic (exact) mass is 1070 g/mol. The van der Waals surface area contributed by atoms with E-state index in [2.05, 4.69) is 10.6 Å². The lowest BCUT2D eigenvalue weighted by atomic mass is 9.87. The third-order valence-electron chi connectivity index (χ3n) is 14.5. The van der Waals surface area contributed by atoms with E-state index in [0.717, 1.165) is 5.56 Å². The van der Waals surface area contributed by atoms with Gasteiger partial charge in [0.15, 0.2) is 0 Å². The summed E-state index contributed by atoms with van der Waals surface area (Å²) in [5.74, 6) is -6.24. The van der Waals surface area contributed by atoms with Crippen molar-refractivity contribution in [3.05, 3.63) is 114 Å². The Kier molecular flexibility index (Phi) is 21.0. The summed E-state index contributed by atoms with van der Waals surface area (Å²) in [6.45, 7) is 6.70. The van der Waals surface area contributed by atoms with Crippen molar-refractivity contribution in [2.45, 2.75) is 129 Å². The number of likely N-dealkylation sites (N-methyl/N-ethyl adjacent to an activating group) is 3. The number of ether oxygens (including phenoxy) is 2. The second kappa shape index (κ2) is 27.6. The van der Waals surface area contributed by atoms with Crippen LogP contribution in [0.3, 0.4) is 0 Å². The predicted molar refractivity (Wildman–Crippen MR) is 289 cm³/mol. The molecule has 2 saturated heterocycles. The molecule has 78 heavy (non-hydrogen) atoms. The number of nitrogens with one attached hydrogen (secondary N) is 2. The van der Waals surface area contributed by atoms with Gasteiger partial charge in [0.05, 0.1) is 5.41 Å². The standard InChI is InChI=1S/C59H75N7O12/c1-39(2)34-46-53(71)62(5)31-16-15-28-50(69)78-38-59(3,4)52(70)57(75)66-32-17-14-26-45(66)58(76)77-37-41-22-18-25-43(35-41)60-48(67)29-30-49(68)61-51(42-23-12-9-13-24-42)56(74)64(7)47(36-40-20-10-8-11-21-40)55(73)65-33-19-27-44(65)54(72)63(46)6/h8-13,15,18,20-25,28,35,39,44-47,51H,14,16-17,19,26-27,29-34,36-38H2,1-7H3,(H,60,67)(H,61,68)/t44?,45?,46-,47-,51-/m0/s1. The fourth-order valence-electron chi connectivity index (χ4n) is 9.95. The SMILES string of the molecule is CC(C)C[C@H]1C(=O)N(C)CCC=CC(=O)OCC(C)(C)C(=O)C(=O)N2CCCCC2C(=O)OCc2cccc(c2)NC(=O)CCC(=O)N[C@@H](c2ccccc2)C(=O)N(C)[C@@H](Cc2ccccc2)C(=O)N2CCCC2C(=O)N1C. The molecule has 6 rings (SSSR count). The van der Waals surface area contributed by atoms with Crippen LogP contribution in [0.25, 0.3) is 0 Å². The van der Waals surface area contributed by atoms with Crippen molar-refractivity contribution in [1.29, 1.82) is 0 Å². The average molecular weight is 1070 g/mol. The zero-order chi connectivity index (χ0) is 56.7. The minimum atomic E-state index is -1.45. The van der Waals surface area contributed by atoms with Gasteiger partial charge in [-0.15, -0.1) is 0 Å². The summed E-state index contributed by atoms with van der Waals surface area (Å²) < 4.78 is 11.1. The highest BCUT2D eigenvalue weighted by molar-refractivity contribution is 6.38. The lowest BCUT2D eigenvalue weighted by molar-refractivity contribution is -0.162. The number of benzene rings is 3. The Balaban J connectivity index is 1.28. The number of hydrogen-bond donors (Lipinski definition) is 2. The summed E-state index contributed by atoms with van der Waals surface area (Å²) in [4.78, 5) is 147. The number of esters is 2. The van der Waals surface area contributed by atoms with Gasteiger partial charge in [0.1, 0.15) is 43.4 Å². The lowest BCUT2D eigenvalue weighted by Crippen LogP contribution is -2.58. The maximum Gasteiger partial charge on any atom is 0.330 e. The largest absolute Gasteiger partial charge is 0.461 e. The van der Waals surface area contributed by atoms with E-state index in [9.17, 15) is 43.2 Å². The summed E-state index contributed by atoms with van der Waals surface area (Å²) in [7, 11) is 4.65. The van der Waals surface area contributed by atoms with Crippen molar-refractivity contribution >= 4 is 64.8 Å². The van der Waals surface area contributed by atoms with Crippen LogP contribution in [0.1, 0.15) is 108 Å². The third-order valence-corrected chi connectivity index (χ3v) is 14.5. The van der Waals surface area contributed by atoms with Crippen LogP contribution in [0.2, 0.25) is 0 Å². The minimum Gasteiger partial charge on any atom is -0.461 e. The number of Topliss-reactive ketones (excluding diaryl/α,β-unsaturated/α-hetero) is 1. The molecule has 0 aromatic heterocycles. The van der Waals surface area contributed by atoms with Gasteiger partial charge in [0.25, 0.3) is 5.91 Å². The van der Waals surface area contributed by atoms with E-state index >= 15 is 4.79 Å². The first-order valence-corrected chi connectivity index (χ1v) is 26.9. The molecule has 19 heteroatoms. The van der Waals surface area contributed by atoms with Gasteiger partial charge in [-0.3, -0.25) is 38.4 Å². The molecule has 2 unspecified atom stereocenters. The average Bonchev–Trinajstić information content (AvgIpc) is 3.98. The maximum absolute atomic E-state index is 15.1. The molecule has 418 valence electrons. The Morgan fingerprint density at radius 3 is 2.01 bits per heavy atom. The highest BCUT2D eigenvalue weighted by Gasteiger charge is 2.45. The van der Waals surface area contributed by atoms with Gasteiger partial charge < -0.3 is 44.6 Å². The number of rotatable bonds is 5. The fourth-order valence-corrected chi connectivity index (χ4v) is 9.95.